The van der Waals surface area contributed by atoms with Gasteiger partial charge < -0.3 is 25.2 Å². The summed E-state index contributed by atoms with van der Waals surface area (Å²) in [4.78, 5) is 22.1. The summed E-state index contributed by atoms with van der Waals surface area (Å²) in [7, 11) is -0.136. The first-order valence-electron chi connectivity index (χ1n) is 9.99. The van der Waals surface area contributed by atoms with Crippen LogP contribution in [0.15, 0.2) is 72.9 Å². The van der Waals surface area contributed by atoms with Gasteiger partial charge in [-0.05, 0) is 17.2 Å². The van der Waals surface area contributed by atoms with Gasteiger partial charge in [-0.15, -0.1) is 0 Å². The molecule has 0 fully saturated rings. The summed E-state index contributed by atoms with van der Waals surface area (Å²) in [6.07, 6.45) is 1.53. The zero-order valence-corrected chi connectivity index (χ0v) is 17.1. The number of pyridine rings is 1. The molecule has 2 aromatic carbocycles. The number of aromatic amines is 1. The fourth-order valence-electron chi connectivity index (χ4n) is 3.63. The van der Waals surface area contributed by atoms with Crippen LogP contribution in [0.1, 0.15) is 21.5 Å². The lowest BCUT2D eigenvalue weighted by molar-refractivity contribution is 0.0964. The summed E-state index contributed by atoms with van der Waals surface area (Å²) in [5, 5.41) is 22.6. The number of benzene rings is 2. The standard InChI is InChI=1S/C23H23BN4O3/c1-25-23(29)19-13-26-22(21-18(19)12-20(27-21)24(30)31)28(14-16-8-4-2-5-9-16)15-17-10-6-3-7-11-17/h2-13,27,30-31H,14-15H2,1H3,(H,25,29). The molecule has 4 aromatic rings. The van der Waals surface area contributed by atoms with Gasteiger partial charge in [-0.25, -0.2) is 4.98 Å². The van der Waals surface area contributed by atoms with Gasteiger partial charge >= 0.3 is 7.12 Å². The number of nitrogens with one attached hydrogen (secondary N) is 2. The van der Waals surface area contributed by atoms with Crippen LogP contribution in [0.4, 0.5) is 5.82 Å². The van der Waals surface area contributed by atoms with Crippen molar-refractivity contribution >= 4 is 35.3 Å². The topological polar surface area (TPSA) is 101 Å². The molecule has 156 valence electrons. The highest BCUT2D eigenvalue weighted by Gasteiger charge is 2.23. The summed E-state index contributed by atoms with van der Waals surface area (Å²) < 4.78 is 0. The van der Waals surface area contributed by atoms with Gasteiger partial charge in [0.05, 0.1) is 11.1 Å². The summed E-state index contributed by atoms with van der Waals surface area (Å²) in [5.41, 5.74) is 3.36. The lowest BCUT2D eigenvalue weighted by Crippen LogP contribution is -2.30. The van der Waals surface area contributed by atoms with Crippen molar-refractivity contribution in [1.82, 2.24) is 15.3 Å². The summed E-state index contributed by atoms with van der Waals surface area (Å²) >= 11 is 0. The minimum Gasteiger partial charge on any atom is -0.422 e. The average molecular weight is 414 g/mol. The zero-order valence-electron chi connectivity index (χ0n) is 17.1. The molecule has 1 amide bonds. The third-order valence-electron chi connectivity index (χ3n) is 5.15. The van der Waals surface area contributed by atoms with E-state index >= 15 is 0 Å². The van der Waals surface area contributed by atoms with Crippen molar-refractivity contribution in [3.63, 3.8) is 0 Å². The predicted octanol–water partition coefficient (Wildman–Crippen LogP) is 1.81. The van der Waals surface area contributed by atoms with Gasteiger partial charge in [0.1, 0.15) is 0 Å². The van der Waals surface area contributed by atoms with Crippen molar-refractivity contribution in [3.8, 4) is 0 Å². The van der Waals surface area contributed by atoms with E-state index in [-0.39, 0.29) is 11.5 Å². The molecule has 7 nitrogen and oxygen atoms in total. The van der Waals surface area contributed by atoms with Crippen LogP contribution in [0.3, 0.4) is 0 Å². The van der Waals surface area contributed by atoms with Crippen molar-refractivity contribution in [1.29, 1.82) is 0 Å². The van der Waals surface area contributed by atoms with Crippen molar-refractivity contribution in [2.24, 2.45) is 0 Å². The molecule has 0 aliphatic rings. The van der Waals surface area contributed by atoms with E-state index in [0.29, 0.717) is 35.4 Å². The van der Waals surface area contributed by atoms with Gasteiger partial charge in [-0.2, -0.15) is 0 Å². The monoisotopic (exact) mass is 414 g/mol. The number of fused-ring (bicyclic) bond motifs is 1. The number of carbonyl (C=O) groups is 1. The fourth-order valence-corrected chi connectivity index (χ4v) is 3.63. The lowest BCUT2D eigenvalue weighted by Gasteiger charge is -2.25. The second-order valence-electron chi connectivity index (χ2n) is 7.29. The Kier molecular flexibility index (Phi) is 6.02. The molecule has 0 bridgehead atoms. The van der Waals surface area contributed by atoms with Crippen LogP contribution in [0, 0.1) is 0 Å². The smallest absolute Gasteiger partial charge is 0.422 e. The minimum atomic E-state index is -1.69. The Hall–Kier alpha value is -3.62. The molecule has 0 spiro atoms. The van der Waals surface area contributed by atoms with Crippen LogP contribution in [0.5, 0.6) is 0 Å². The molecule has 0 radical (unpaired) electrons. The van der Waals surface area contributed by atoms with E-state index in [2.05, 4.69) is 20.2 Å². The molecular formula is C23H23BN4O3. The first kappa shape index (κ1) is 20.6. The molecule has 0 atom stereocenters. The molecule has 0 aliphatic carbocycles. The van der Waals surface area contributed by atoms with Gasteiger partial charge in [0.2, 0.25) is 0 Å². The molecule has 0 saturated heterocycles. The lowest BCUT2D eigenvalue weighted by atomic mass is 9.86. The highest BCUT2D eigenvalue weighted by Crippen LogP contribution is 2.28. The maximum atomic E-state index is 12.4. The number of hydrogen-bond acceptors (Lipinski definition) is 5. The first-order valence-corrected chi connectivity index (χ1v) is 9.99. The van der Waals surface area contributed by atoms with E-state index in [1.165, 1.54) is 6.20 Å². The van der Waals surface area contributed by atoms with Crippen molar-refractivity contribution in [3.05, 3.63) is 89.6 Å². The summed E-state index contributed by atoms with van der Waals surface area (Å²) in [5.74, 6) is 0.335. The number of nitrogens with zero attached hydrogens (tertiary/aromatic N) is 2. The van der Waals surface area contributed by atoms with E-state index in [9.17, 15) is 14.8 Å². The number of amides is 1. The van der Waals surface area contributed by atoms with E-state index in [1.807, 2.05) is 60.7 Å². The van der Waals surface area contributed by atoms with Gasteiger partial charge in [-0.1, -0.05) is 60.7 Å². The summed E-state index contributed by atoms with van der Waals surface area (Å²) in [6.45, 7) is 1.18. The first-order chi connectivity index (χ1) is 15.1. The van der Waals surface area contributed by atoms with Crippen LogP contribution in [-0.4, -0.2) is 40.1 Å². The largest absolute Gasteiger partial charge is 0.505 e. The third kappa shape index (κ3) is 4.45. The van der Waals surface area contributed by atoms with E-state index in [0.717, 1.165) is 11.1 Å². The quantitative estimate of drug-likeness (QED) is 0.346. The fraction of sp³-hybridized carbons (Fsp3) is 0.130. The number of rotatable bonds is 7. The second-order valence-corrected chi connectivity index (χ2v) is 7.29. The van der Waals surface area contributed by atoms with Crippen LogP contribution in [-0.2, 0) is 13.1 Å². The normalized spacial score (nSPS) is 10.8. The molecule has 4 N–H and O–H groups in total. The Balaban J connectivity index is 1.84. The molecular weight excluding hydrogens is 391 g/mol. The Morgan fingerprint density at radius 3 is 2.13 bits per heavy atom. The number of hydrogen-bond donors (Lipinski definition) is 4. The number of carbonyl (C=O) groups excluding carboxylic acids is 1. The second kappa shape index (κ2) is 9.03. The number of H-pyrrole nitrogens is 1. The molecule has 31 heavy (non-hydrogen) atoms. The van der Waals surface area contributed by atoms with Crippen LogP contribution >= 0.6 is 0 Å². The minimum absolute atomic E-state index is 0.203. The van der Waals surface area contributed by atoms with E-state index in [1.54, 1.807) is 13.1 Å². The predicted molar refractivity (Wildman–Crippen MR) is 122 cm³/mol. The van der Waals surface area contributed by atoms with Gasteiger partial charge in [-0.3, -0.25) is 4.79 Å². The molecule has 0 unspecified atom stereocenters. The zero-order chi connectivity index (χ0) is 21.8. The van der Waals surface area contributed by atoms with Crippen molar-refractivity contribution in [2.75, 3.05) is 11.9 Å². The molecule has 0 saturated carbocycles. The van der Waals surface area contributed by atoms with Crippen molar-refractivity contribution in [2.45, 2.75) is 13.1 Å². The van der Waals surface area contributed by atoms with Crippen LogP contribution in [0.2, 0.25) is 0 Å². The SMILES string of the molecule is CNC(=O)c1cnc(N(Cc2ccccc2)Cc2ccccc2)c2[nH]c(B(O)O)cc12. The van der Waals surface area contributed by atoms with Crippen LogP contribution < -0.4 is 15.8 Å². The van der Waals surface area contributed by atoms with Gasteiger partial charge in [0, 0.05) is 37.3 Å². The third-order valence-corrected chi connectivity index (χ3v) is 5.15. The highest BCUT2D eigenvalue weighted by atomic mass is 16.4. The number of anilines is 1. The van der Waals surface area contributed by atoms with Crippen molar-refractivity contribution < 1.29 is 14.8 Å². The average Bonchev–Trinajstić information content (AvgIpc) is 3.25. The Morgan fingerprint density at radius 1 is 1.03 bits per heavy atom. The van der Waals surface area contributed by atoms with Crippen LogP contribution in [0.25, 0.3) is 10.9 Å². The Morgan fingerprint density at radius 2 is 1.61 bits per heavy atom. The molecule has 4 rings (SSSR count). The number of aromatic nitrogens is 2. The molecule has 2 aromatic heterocycles. The molecule has 2 heterocycles. The molecule has 8 heteroatoms. The van der Waals surface area contributed by atoms with Gasteiger partial charge in [0.25, 0.3) is 5.91 Å². The maximum Gasteiger partial charge on any atom is 0.505 e. The van der Waals surface area contributed by atoms with E-state index in [4.69, 9.17) is 0 Å². The summed E-state index contributed by atoms with van der Waals surface area (Å²) in [6, 6.07) is 21.7. The highest BCUT2D eigenvalue weighted by molar-refractivity contribution is 6.58. The maximum absolute atomic E-state index is 12.4. The Bertz CT molecular complexity index is 1140. The van der Waals surface area contributed by atoms with Gasteiger partial charge in [0.15, 0.2) is 5.82 Å². The molecule has 0 aliphatic heterocycles. The Labute approximate surface area is 180 Å². The van der Waals surface area contributed by atoms with E-state index < -0.39 is 7.12 Å².